The van der Waals surface area contributed by atoms with Crippen LogP contribution in [0.25, 0.3) is 16.7 Å². The van der Waals surface area contributed by atoms with Crippen molar-refractivity contribution in [3.63, 3.8) is 0 Å². The van der Waals surface area contributed by atoms with E-state index >= 15 is 0 Å². The maximum absolute atomic E-state index is 9.65. The molecule has 80 valence electrons. The van der Waals surface area contributed by atoms with E-state index in [1.807, 2.05) is 12.1 Å². The number of benzene rings is 1. The van der Waals surface area contributed by atoms with Gasteiger partial charge in [0.05, 0.1) is 18.1 Å². The number of hydrogen-bond acceptors (Lipinski definition) is 5. The SMILES string of the molecule is COc1ccc2c(c1)nc(O)c1nncn12. The first-order valence-corrected chi connectivity index (χ1v) is 4.66. The summed E-state index contributed by atoms with van der Waals surface area (Å²) in [5.74, 6) is 0.546. The Hall–Kier alpha value is -2.37. The number of nitrogens with zero attached hydrogens (tertiary/aromatic N) is 4. The van der Waals surface area contributed by atoms with Crippen molar-refractivity contribution in [1.82, 2.24) is 19.6 Å². The second-order valence-electron chi connectivity index (χ2n) is 3.31. The highest BCUT2D eigenvalue weighted by Gasteiger charge is 2.09. The van der Waals surface area contributed by atoms with Gasteiger partial charge in [0.2, 0.25) is 5.65 Å². The van der Waals surface area contributed by atoms with E-state index in [1.54, 1.807) is 17.6 Å². The number of hydrogen-bond donors (Lipinski definition) is 1. The average Bonchev–Trinajstić information content (AvgIpc) is 2.78. The van der Waals surface area contributed by atoms with Gasteiger partial charge in [0, 0.05) is 6.07 Å². The van der Waals surface area contributed by atoms with Crippen molar-refractivity contribution in [3.8, 4) is 11.6 Å². The Morgan fingerprint density at radius 1 is 1.38 bits per heavy atom. The Morgan fingerprint density at radius 3 is 3.06 bits per heavy atom. The van der Waals surface area contributed by atoms with E-state index in [2.05, 4.69) is 15.2 Å². The van der Waals surface area contributed by atoms with Crippen molar-refractivity contribution in [3.05, 3.63) is 24.5 Å². The fourth-order valence-electron chi connectivity index (χ4n) is 1.65. The molecule has 0 unspecified atom stereocenters. The maximum Gasteiger partial charge on any atom is 0.258 e. The van der Waals surface area contributed by atoms with Gasteiger partial charge in [-0.05, 0) is 12.1 Å². The number of aromatic nitrogens is 4. The van der Waals surface area contributed by atoms with Crippen LogP contribution in [-0.4, -0.2) is 31.8 Å². The normalized spacial score (nSPS) is 11.1. The highest BCUT2D eigenvalue weighted by atomic mass is 16.5. The van der Waals surface area contributed by atoms with E-state index in [9.17, 15) is 5.11 Å². The largest absolute Gasteiger partial charge is 0.497 e. The summed E-state index contributed by atoms with van der Waals surface area (Å²) in [7, 11) is 1.58. The molecule has 1 N–H and O–H groups in total. The second-order valence-corrected chi connectivity index (χ2v) is 3.31. The minimum atomic E-state index is -0.141. The monoisotopic (exact) mass is 216 g/mol. The van der Waals surface area contributed by atoms with E-state index < -0.39 is 0 Å². The maximum atomic E-state index is 9.65. The highest BCUT2D eigenvalue weighted by molar-refractivity contribution is 5.80. The molecule has 0 fully saturated rings. The Morgan fingerprint density at radius 2 is 2.25 bits per heavy atom. The molecule has 0 aliphatic rings. The van der Waals surface area contributed by atoms with Crippen LogP contribution in [0.15, 0.2) is 24.5 Å². The van der Waals surface area contributed by atoms with Crippen LogP contribution in [0, 0.1) is 0 Å². The standard InChI is InChI=1S/C10H8N4O2/c1-16-6-2-3-8-7(4-6)12-10(15)9-13-11-5-14(8)9/h2-5H,1H3,(H,12,15). The van der Waals surface area contributed by atoms with Crippen LogP contribution in [0.1, 0.15) is 0 Å². The first kappa shape index (κ1) is 8.90. The van der Waals surface area contributed by atoms with Crippen molar-refractivity contribution in [1.29, 1.82) is 0 Å². The summed E-state index contributed by atoms with van der Waals surface area (Å²) in [6.45, 7) is 0. The Kier molecular flexibility index (Phi) is 1.70. The highest BCUT2D eigenvalue weighted by Crippen LogP contribution is 2.23. The fourth-order valence-corrected chi connectivity index (χ4v) is 1.65. The summed E-state index contributed by atoms with van der Waals surface area (Å²) in [6, 6.07) is 5.41. The zero-order valence-electron chi connectivity index (χ0n) is 8.45. The molecule has 0 bridgehead atoms. The van der Waals surface area contributed by atoms with Crippen LogP contribution in [0.5, 0.6) is 11.6 Å². The molecule has 3 aromatic rings. The molecule has 1 aromatic carbocycles. The lowest BCUT2D eigenvalue weighted by Crippen LogP contribution is -1.92. The van der Waals surface area contributed by atoms with Gasteiger partial charge in [-0.1, -0.05) is 0 Å². The van der Waals surface area contributed by atoms with Crippen molar-refractivity contribution in [2.45, 2.75) is 0 Å². The zero-order valence-corrected chi connectivity index (χ0v) is 8.45. The quantitative estimate of drug-likeness (QED) is 0.656. The molecule has 16 heavy (non-hydrogen) atoms. The molecule has 0 atom stereocenters. The third kappa shape index (κ3) is 1.10. The lowest BCUT2D eigenvalue weighted by molar-refractivity contribution is 0.415. The van der Waals surface area contributed by atoms with Crippen molar-refractivity contribution >= 4 is 16.7 Å². The predicted octanol–water partition coefficient (Wildman–Crippen LogP) is 0.992. The van der Waals surface area contributed by atoms with E-state index in [1.165, 1.54) is 6.33 Å². The molecule has 6 heteroatoms. The van der Waals surface area contributed by atoms with Gasteiger partial charge < -0.3 is 9.84 Å². The molecule has 6 nitrogen and oxygen atoms in total. The van der Waals surface area contributed by atoms with Crippen LogP contribution in [0.3, 0.4) is 0 Å². The lowest BCUT2D eigenvalue weighted by atomic mass is 10.3. The number of aromatic hydroxyl groups is 1. The van der Waals surface area contributed by atoms with Gasteiger partial charge in [-0.25, -0.2) is 4.98 Å². The summed E-state index contributed by atoms with van der Waals surface area (Å²) in [5.41, 5.74) is 1.79. The van der Waals surface area contributed by atoms with Crippen molar-refractivity contribution in [2.75, 3.05) is 7.11 Å². The summed E-state index contributed by atoms with van der Waals surface area (Å²) < 4.78 is 6.77. The Balaban J connectivity index is 2.48. The summed E-state index contributed by atoms with van der Waals surface area (Å²) in [6.07, 6.45) is 1.53. The topological polar surface area (TPSA) is 72.5 Å². The summed E-state index contributed by atoms with van der Waals surface area (Å²) in [4.78, 5) is 4.04. The average molecular weight is 216 g/mol. The third-order valence-electron chi connectivity index (χ3n) is 2.42. The van der Waals surface area contributed by atoms with E-state index in [4.69, 9.17) is 4.74 Å². The van der Waals surface area contributed by atoms with Gasteiger partial charge in [0.25, 0.3) is 5.88 Å². The molecule has 0 amide bonds. The fraction of sp³-hybridized carbons (Fsp3) is 0.100. The Bertz CT molecular complexity index is 677. The molecule has 2 heterocycles. The minimum Gasteiger partial charge on any atom is -0.497 e. The van der Waals surface area contributed by atoms with Gasteiger partial charge >= 0.3 is 0 Å². The van der Waals surface area contributed by atoms with Crippen LogP contribution >= 0.6 is 0 Å². The predicted molar refractivity (Wildman–Crippen MR) is 56.5 cm³/mol. The molecular formula is C10H8N4O2. The van der Waals surface area contributed by atoms with E-state index in [0.717, 1.165) is 5.52 Å². The molecule has 0 saturated heterocycles. The first-order chi connectivity index (χ1) is 7.79. The van der Waals surface area contributed by atoms with Crippen LogP contribution < -0.4 is 4.74 Å². The number of rotatable bonds is 1. The molecule has 0 aliphatic carbocycles. The van der Waals surface area contributed by atoms with Crippen molar-refractivity contribution in [2.24, 2.45) is 0 Å². The Labute approximate surface area is 90.1 Å². The van der Waals surface area contributed by atoms with Gasteiger partial charge in [-0.3, -0.25) is 4.40 Å². The first-order valence-electron chi connectivity index (χ1n) is 4.66. The van der Waals surface area contributed by atoms with Gasteiger partial charge in [-0.2, -0.15) is 0 Å². The van der Waals surface area contributed by atoms with Crippen LogP contribution in [-0.2, 0) is 0 Å². The molecule has 0 aliphatic heterocycles. The summed E-state index contributed by atoms with van der Waals surface area (Å²) >= 11 is 0. The zero-order chi connectivity index (χ0) is 11.1. The van der Waals surface area contributed by atoms with Crippen LogP contribution in [0.4, 0.5) is 0 Å². The number of fused-ring (bicyclic) bond motifs is 3. The van der Waals surface area contributed by atoms with E-state index in [0.29, 0.717) is 16.9 Å². The third-order valence-corrected chi connectivity index (χ3v) is 2.42. The van der Waals surface area contributed by atoms with E-state index in [-0.39, 0.29) is 5.88 Å². The van der Waals surface area contributed by atoms with Gasteiger partial charge in [0.1, 0.15) is 12.1 Å². The van der Waals surface area contributed by atoms with Gasteiger partial charge in [0.15, 0.2) is 0 Å². The van der Waals surface area contributed by atoms with Crippen LogP contribution in [0.2, 0.25) is 0 Å². The second kappa shape index (κ2) is 3.06. The molecule has 0 spiro atoms. The molecule has 2 aromatic heterocycles. The number of methoxy groups -OCH3 is 1. The minimum absolute atomic E-state index is 0.141. The van der Waals surface area contributed by atoms with Crippen molar-refractivity contribution < 1.29 is 9.84 Å². The molecule has 3 rings (SSSR count). The number of ether oxygens (including phenoxy) is 1. The smallest absolute Gasteiger partial charge is 0.258 e. The summed E-state index contributed by atoms with van der Waals surface area (Å²) in [5, 5.41) is 17.2. The molecular weight excluding hydrogens is 208 g/mol. The molecule has 0 saturated carbocycles. The molecule has 0 radical (unpaired) electrons. The lowest BCUT2D eigenvalue weighted by Gasteiger charge is -2.04. The van der Waals surface area contributed by atoms with Gasteiger partial charge in [-0.15, -0.1) is 10.2 Å².